The first-order valence-corrected chi connectivity index (χ1v) is 12.9. The molecular weight excluding hydrogens is 519 g/mol. The van der Waals surface area contributed by atoms with E-state index in [2.05, 4.69) is 5.32 Å². The van der Waals surface area contributed by atoms with E-state index in [0.29, 0.717) is 38.6 Å². The predicted octanol–water partition coefficient (Wildman–Crippen LogP) is 5.80. The minimum atomic E-state index is -3.78. The molecule has 3 aromatic rings. The molecule has 0 unspecified atom stereocenters. The summed E-state index contributed by atoms with van der Waals surface area (Å²) in [5, 5.41) is 4.22. The van der Waals surface area contributed by atoms with Gasteiger partial charge in [0.15, 0.2) is 0 Å². The lowest BCUT2D eigenvalue weighted by atomic mass is 10.1. The van der Waals surface area contributed by atoms with Gasteiger partial charge >= 0.3 is 0 Å². The molecule has 0 aliphatic heterocycles. The minimum absolute atomic E-state index is 0.00439. The summed E-state index contributed by atoms with van der Waals surface area (Å²) >= 11 is 18.0. The smallest absolute Gasteiger partial charge is 0.251 e. The van der Waals surface area contributed by atoms with Gasteiger partial charge in [-0.15, -0.1) is 0 Å². The monoisotopic (exact) mass is 540 g/mol. The third-order valence-corrected chi connectivity index (χ3v) is 7.65. The Labute approximate surface area is 214 Å². The van der Waals surface area contributed by atoms with Crippen LogP contribution in [0.2, 0.25) is 15.1 Å². The average Bonchev–Trinajstić information content (AvgIpc) is 2.79. The minimum Gasteiger partial charge on any atom is -0.494 e. The van der Waals surface area contributed by atoms with Crippen LogP contribution >= 0.6 is 34.8 Å². The van der Waals surface area contributed by atoms with E-state index < -0.39 is 10.0 Å². The molecule has 0 fully saturated rings. The lowest BCUT2D eigenvalue weighted by Crippen LogP contribution is -2.27. The fourth-order valence-electron chi connectivity index (χ4n) is 3.19. The zero-order valence-electron chi connectivity index (χ0n) is 18.5. The van der Waals surface area contributed by atoms with Crippen molar-refractivity contribution in [1.82, 2.24) is 9.62 Å². The summed E-state index contributed by atoms with van der Waals surface area (Å²) in [5.74, 6) is 0.163. The largest absolute Gasteiger partial charge is 0.494 e. The number of carbonyl (C=O) groups excluding carboxylic acids is 1. The van der Waals surface area contributed by atoms with E-state index in [1.807, 2.05) is 6.92 Å². The fraction of sp³-hybridized carbons (Fsp3) is 0.208. The van der Waals surface area contributed by atoms with Gasteiger partial charge in [0.05, 0.1) is 11.5 Å². The molecule has 0 spiro atoms. The second kappa shape index (κ2) is 11.4. The van der Waals surface area contributed by atoms with Crippen LogP contribution in [-0.2, 0) is 23.1 Å². The lowest BCUT2D eigenvalue weighted by molar-refractivity contribution is 0.0950. The molecule has 0 aliphatic carbocycles. The van der Waals surface area contributed by atoms with Gasteiger partial charge in [-0.05, 0) is 67.1 Å². The highest BCUT2D eigenvalue weighted by atomic mass is 35.5. The zero-order valence-corrected chi connectivity index (χ0v) is 21.6. The molecule has 10 heteroatoms. The quantitative estimate of drug-likeness (QED) is 0.372. The van der Waals surface area contributed by atoms with Crippen molar-refractivity contribution < 1.29 is 17.9 Å². The van der Waals surface area contributed by atoms with Crippen molar-refractivity contribution in [1.29, 1.82) is 0 Å². The fourth-order valence-corrected chi connectivity index (χ4v) is 4.94. The van der Waals surface area contributed by atoms with Crippen LogP contribution in [-0.4, -0.2) is 32.3 Å². The number of halogens is 3. The van der Waals surface area contributed by atoms with E-state index in [9.17, 15) is 13.2 Å². The average molecular weight is 542 g/mol. The van der Waals surface area contributed by atoms with Crippen molar-refractivity contribution in [3.05, 3.63) is 92.4 Å². The molecule has 3 rings (SSSR count). The molecule has 0 radical (unpaired) electrons. The molecule has 0 atom stereocenters. The summed E-state index contributed by atoms with van der Waals surface area (Å²) in [4.78, 5) is 12.9. The van der Waals surface area contributed by atoms with Crippen LogP contribution in [0.3, 0.4) is 0 Å². The standard InChI is InChI=1S/C24H23Cl3N2O4S/c1-3-33-23-11-5-16(24(30)28-14-17-4-6-20(26)13-22(17)27)12-18(23)15-29(2)34(31,32)21-9-7-19(25)8-10-21/h4-13H,3,14-15H2,1-2H3,(H,28,30). The topological polar surface area (TPSA) is 75.7 Å². The number of carbonyl (C=O) groups is 1. The lowest BCUT2D eigenvalue weighted by Gasteiger charge is -2.20. The molecule has 0 heterocycles. The third-order valence-electron chi connectivity index (χ3n) is 4.99. The number of hydrogen-bond acceptors (Lipinski definition) is 4. The van der Waals surface area contributed by atoms with Gasteiger partial charge < -0.3 is 10.1 Å². The highest BCUT2D eigenvalue weighted by Gasteiger charge is 2.23. The highest BCUT2D eigenvalue weighted by molar-refractivity contribution is 7.89. The first-order valence-electron chi connectivity index (χ1n) is 10.3. The Morgan fingerprint density at radius 1 is 0.941 bits per heavy atom. The first kappa shape index (κ1) is 26.3. The van der Waals surface area contributed by atoms with Crippen molar-refractivity contribution >= 4 is 50.7 Å². The van der Waals surface area contributed by atoms with E-state index in [-0.39, 0.29) is 23.9 Å². The molecular formula is C24H23Cl3N2O4S. The molecule has 0 saturated carbocycles. The number of hydrogen-bond donors (Lipinski definition) is 1. The Morgan fingerprint density at radius 2 is 1.62 bits per heavy atom. The van der Waals surface area contributed by atoms with Crippen molar-refractivity contribution in [3.63, 3.8) is 0 Å². The maximum absolute atomic E-state index is 13.0. The van der Waals surface area contributed by atoms with Crippen LogP contribution < -0.4 is 10.1 Å². The van der Waals surface area contributed by atoms with Gasteiger partial charge in [-0.2, -0.15) is 4.31 Å². The van der Waals surface area contributed by atoms with E-state index in [4.69, 9.17) is 39.5 Å². The Kier molecular flexibility index (Phi) is 8.84. The summed E-state index contributed by atoms with van der Waals surface area (Å²) in [6, 6.07) is 15.9. The number of amides is 1. The second-order valence-electron chi connectivity index (χ2n) is 7.39. The molecule has 0 aromatic heterocycles. The number of rotatable bonds is 9. The van der Waals surface area contributed by atoms with E-state index >= 15 is 0 Å². The molecule has 0 aliphatic rings. The molecule has 3 aromatic carbocycles. The van der Waals surface area contributed by atoms with Crippen LogP contribution in [0.4, 0.5) is 0 Å². The Hall–Kier alpha value is -2.29. The zero-order chi connectivity index (χ0) is 24.9. The summed E-state index contributed by atoms with van der Waals surface area (Å²) in [5.41, 5.74) is 1.64. The predicted molar refractivity (Wildman–Crippen MR) is 135 cm³/mol. The summed E-state index contributed by atoms with van der Waals surface area (Å²) in [6.07, 6.45) is 0. The van der Waals surface area contributed by atoms with Crippen molar-refractivity contribution in [2.45, 2.75) is 24.9 Å². The number of nitrogens with zero attached hydrogens (tertiary/aromatic N) is 1. The Morgan fingerprint density at radius 3 is 2.26 bits per heavy atom. The van der Waals surface area contributed by atoms with Crippen molar-refractivity contribution in [2.75, 3.05) is 13.7 Å². The van der Waals surface area contributed by atoms with Gasteiger partial charge in [0.1, 0.15) is 5.75 Å². The SMILES string of the molecule is CCOc1ccc(C(=O)NCc2ccc(Cl)cc2Cl)cc1CN(C)S(=O)(=O)c1ccc(Cl)cc1. The third kappa shape index (κ3) is 6.43. The number of benzene rings is 3. The van der Waals surface area contributed by atoms with Crippen LogP contribution in [0.1, 0.15) is 28.4 Å². The molecule has 6 nitrogen and oxygen atoms in total. The van der Waals surface area contributed by atoms with Gasteiger partial charge in [0.2, 0.25) is 10.0 Å². The normalized spacial score (nSPS) is 11.5. The van der Waals surface area contributed by atoms with Gasteiger partial charge in [0.25, 0.3) is 5.91 Å². The van der Waals surface area contributed by atoms with Crippen molar-refractivity contribution in [3.8, 4) is 5.75 Å². The van der Waals surface area contributed by atoms with Crippen LogP contribution in [0.5, 0.6) is 5.75 Å². The summed E-state index contributed by atoms with van der Waals surface area (Å²) < 4.78 is 32.8. The molecule has 1 amide bonds. The van der Waals surface area contributed by atoms with E-state index in [0.717, 1.165) is 5.56 Å². The van der Waals surface area contributed by atoms with Crippen LogP contribution in [0, 0.1) is 0 Å². The molecule has 0 bridgehead atoms. The summed E-state index contributed by atoms with van der Waals surface area (Å²) in [6.45, 7) is 2.43. The van der Waals surface area contributed by atoms with E-state index in [1.54, 1.807) is 36.4 Å². The molecule has 0 saturated heterocycles. The Bertz CT molecular complexity index is 1280. The number of nitrogens with one attached hydrogen (secondary N) is 1. The van der Waals surface area contributed by atoms with E-state index in [1.165, 1.54) is 35.6 Å². The molecule has 180 valence electrons. The summed E-state index contributed by atoms with van der Waals surface area (Å²) in [7, 11) is -2.31. The van der Waals surface area contributed by atoms with Gasteiger partial charge in [-0.3, -0.25) is 4.79 Å². The Balaban J connectivity index is 1.81. The molecule has 34 heavy (non-hydrogen) atoms. The maximum Gasteiger partial charge on any atom is 0.251 e. The number of ether oxygens (including phenoxy) is 1. The van der Waals surface area contributed by atoms with Gasteiger partial charge in [-0.25, -0.2) is 8.42 Å². The first-order chi connectivity index (χ1) is 16.1. The van der Waals surface area contributed by atoms with Crippen LogP contribution in [0.15, 0.2) is 65.6 Å². The maximum atomic E-state index is 13.0. The number of sulfonamides is 1. The molecule has 1 N–H and O–H groups in total. The highest BCUT2D eigenvalue weighted by Crippen LogP contribution is 2.26. The van der Waals surface area contributed by atoms with Gasteiger partial charge in [0, 0.05) is 46.3 Å². The van der Waals surface area contributed by atoms with Crippen molar-refractivity contribution in [2.24, 2.45) is 0 Å². The second-order valence-corrected chi connectivity index (χ2v) is 10.7. The van der Waals surface area contributed by atoms with Gasteiger partial charge in [-0.1, -0.05) is 40.9 Å². The van der Waals surface area contributed by atoms with Crippen LogP contribution in [0.25, 0.3) is 0 Å².